The summed E-state index contributed by atoms with van der Waals surface area (Å²) < 4.78 is 87.0. The number of hydrogen-bond donors (Lipinski definition) is 9. The van der Waals surface area contributed by atoms with Crippen molar-refractivity contribution < 1.29 is 35.8 Å². The molecule has 0 saturated carbocycles. The summed E-state index contributed by atoms with van der Waals surface area (Å²) in [5, 5.41) is 1.06. The Kier molecular flexibility index (Phi) is 25.3. The number of hydrogen-bond acceptors (Lipinski definition) is 27. The second-order valence-electron chi connectivity index (χ2n) is 19.9. The summed E-state index contributed by atoms with van der Waals surface area (Å²) in [6.45, 7) is 5.60. The number of rotatable bonds is 22. The standard InChI is InChI=1S/C22H21N6O4PS.C22H21N6O2PS3.C14H23N8O2PS/c1-15-12-13-18(19(14-15)28-34(29,30)33)26-27-20-23-21(31-16-8-4-2-5-9-16)25-22(24-20)32-17-10-6-3-7-11-17;1-15-12-13-18(19(14-15)28-34(29,30)31)26-27-20-23-21(32-16-8-4-2-5-9-16)25-22(24-20)33-17-10-6-3-7-11-17;1-9-6-7-10(11(8-9)20-26(23,24)25)18-19-12-15-13(21(2)3)17-14(16-12)22(4)5/h2-14,26H,33H2,1H3,(H,28,29,30)(H,23,24,25,27);2-14,26H,31H2,1H3,(H,28,29,30)(H,23,24,25,27);6-8,18H,25H2,1-5H3,(H,20,23,24)(H,15,16,17,19). The van der Waals surface area contributed by atoms with Gasteiger partial charge < -0.3 is 19.3 Å². The molecule has 7 aromatic carbocycles. The Morgan fingerprint density at radius 1 is 0.394 bits per heavy atom. The number of ether oxygens (including phenoxy) is 2. The van der Waals surface area contributed by atoms with Crippen molar-refractivity contribution in [3.8, 4) is 23.5 Å². The number of anilines is 8. The zero-order chi connectivity index (χ0) is 67.4. The molecule has 36 heteroatoms. The number of nitrogens with zero attached hydrogens (tertiary/aromatic N) is 14. The number of nitrogens with one attached hydrogen (secondary N) is 6. The zero-order valence-electron chi connectivity index (χ0n) is 51.2. The van der Waals surface area contributed by atoms with Crippen LogP contribution >= 0.6 is 48.8 Å². The smallest absolute Gasteiger partial charge is 0.330 e. The topological polar surface area (TPSA) is 362 Å². The van der Waals surface area contributed by atoms with E-state index in [9.17, 15) is 26.3 Å². The van der Waals surface area contributed by atoms with Crippen LogP contribution in [0.3, 0.4) is 0 Å². The lowest BCUT2D eigenvalue weighted by atomic mass is 10.2. The van der Waals surface area contributed by atoms with Crippen LogP contribution in [0.1, 0.15) is 16.7 Å². The molecular formula is C58H65N20O8P3S5. The van der Waals surface area contributed by atoms with Gasteiger partial charge in [-0.3, -0.25) is 46.2 Å². The predicted octanol–water partition coefficient (Wildman–Crippen LogP) is 14.0. The monoisotopic (exact) mass is 1420 g/mol. The molecule has 3 heterocycles. The van der Waals surface area contributed by atoms with Crippen LogP contribution in [-0.4, -0.2) is 99.3 Å². The van der Waals surface area contributed by atoms with Crippen LogP contribution in [0.5, 0.6) is 23.5 Å². The molecule has 10 rings (SSSR count). The highest BCUT2D eigenvalue weighted by molar-refractivity contribution is 8.36. The molecule has 6 atom stereocenters. The molecule has 0 aliphatic rings. The van der Waals surface area contributed by atoms with E-state index < -0.39 is 28.9 Å². The van der Waals surface area contributed by atoms with Gasteiger partial charge >= 0.3 is 12.0 Å². The summed E-state index contributed by atoms with van der Waals surface area (Å²) in [4.78, 5) is 44.9. The average molecular weight is 1420 g/mol. The Morgan fingerprint density at radius 2 is 0.702 bits per heavy atom. The molecule has 0 aliphatic heterocycles. The highest BCUT2D eigenvalue weighted by Gasteiger charge is 2.16. The summed E-state index contributed by atoms with van der Waals surface area (Å²) in [7, 11) is 2.59. The Bertz CT molecular complexity index is 4240. The van der Waals surface area contributed by atoms with Crippen LogP contribution in [0.4, 0.5) is 63.9 Å². The number of aryl methyl sites for hydroxylation is 3. The van der Waals surface area contributed by atoms with Crippen LogP contribution < -0.4 is 51.8 Å². The van der Waals surface area contributed by atoms with E-state index in [1.165, 1.54) is 23.5 Å². The van der Waals surface area contributed by atoms with Gasteiger partial charge in [0.15, 0.2) is 39.2 Å². The van der Waals surface area contributed by atoms with Gasteiger partial charge in [0.1, 0.15) is 28.6 Å². The van der Waals surface area contributed by atoms with Crippen LogP contribution in [0.15, 0.2) is 209 Å². The first-order valence-corrected chi connectivity index (χ1v) is 38.0. The summed E-state index contributed by atoms with van der Waals surface area (Å²) in [5.74, 6) is 2.75. The number of para-hydroxylation sites is 2. The maximum atomic E-state index is 11.8. The molecule has 28 nitrogen and oxygen atoms in total. The molecule has 0 spiro atoms. The molecule has 0 bridgehead atoms. The molecule has 0 saturated heterocycles. The zero-order valence-corrected chi connectivity index (χ0v) is 58.7. The Hall–Kier alpha value is -8.71. The molecule has 10 aromatic rings. The lowest BCUT2D eigenvalue weighted by Crippen LogP contribution is -2.21. The van der Waals surface area contributed by atoms with E-state index in [0.717, 1.165) is 26.5 Å². The predicted molar refractivity (Wildman–Crippen MR) is 385 cm³/mol. The molecule has 3 aromatic heterocycles. The van der Waals surface area contributed by atoms with E-state index in [2.05, 4.69) is 90.5 Å². The fraction of sp³-hybridized carbons (Fsp3) is 0.121. The summed E-state index contributed by atoms with van der Waals surface area (Å²) in [6, 6.07) is 53.6. The van der Waals surface area contributed by atoms with Gasteiger partial charge in [-0.05, 0) is 171 Å². The van der Waals surface area contributed by atoms with Crippen LogP contribution in [0.25, 0.3) is 0 Å². The van der Waals surface area contributed by atoms with Crippen LogP contribution in [0.2, 0.25) is 0 Å². The number of benzene rings is 7. The Morgan fingerprint density at radius 3 is 1.02 bits per heavy atom. The average Bonchev–Trinajstić information content (AvgIpc) is 0.963. The van der Waals surface area contributed by atoms with Crippen LogP contribution in [-0.2, 0) is 28.9 Å². The van der Waals surface area contributed by atoms with E-state index in [0.29, 0.717) is 74.0 Å². The molecule has 0 aliphatic carbocycles. The van der Waals surface area contributed by atoms with Gasteiger partial charge in [0.05, 0.1) is 17.1 Å². The first-order chi connectivity index (χ1) is 44.7. The van der Waals surface area contributed by atoms with Gasteiger partial charge in [0.25, 0.3) is 5.95 Å². The molecule has 0 radical (unpaired) electrons. The number of hydrazine groups is 3. The summed E-state index contributed by atoms with van der Waals surface area (Å²) in [5.41, 5.74) is 22.7. The fourth-order valence-electron chi connectivity index (χ4n) is 7.42. The largest absolute Gasteiger partial charge is 0.424 e. The minimum absolute atomic E-state index is 0.00795. The van der Waals surface area contributed by atoms with Crippen molar-refractivity contribution >= 4 is 142 Å². The molecule has 94 heavy (non-hydrogen) atoms. The van der Waals surface area contributed by atoms with Crippen molar-refractivity contribution in [1.82, 2.24) is 44.9 Å². The van der Waals surface area contributed by atoms with Crippen molar-refractivity contribution in [3.63, 3.8) is 0 Å². The highest BCUT2D eigenvalue weighted by atomic mass is 32.8. The minimum atomic E-state index is -3.44. The SMILES string of the molecule is Cc1ccc(NNc2nc(N(C)C)nc(N(C)C)n2)c(N=S(=O)(O)P)c1.Cc1ccc(NNc2nc(Oc3ccccc3)nc(Oc3ccccc3)n2)c(N=S(=O)(O)P)c1.Cc1ccc(NNc2nc(Sc3ccccc3)nc(Sc3ccccc3)n2)c(N=S(=O)(O)P)c1. The van der Waals surface area contributed by atoms with E-state index in [4.69, 9.17) is 9.47 Å². The fourth-order valence-corrected chi connectivity index (χ4v) is 11.3. The minimum Gasteiger partial charge on any atom is -0.424 e. The summed E-state index contributed by atoms with van der Waals surface area (Å²) >= 11 is 2.85. The second-order valence-corrected chi connectivity index (χ2v) is 31.2. The van der Waals surface area contributed by atoms with Gasteiger partial charge in [-0.1, -0.05) is 91.0 Å². The van der Waals surface area contributed by atoms with Crippen molar-refractivity contribution in [2.45, 2.75) is 40.9 Å². The highest BCUT2D eigenvalue weighted by Crippen LogP contribution is 2.34. The second kappa shape index (κ2) is 33.4. The first kappa shape index (κ1) is 71.1. The third-order valence-electron chi connectivity index (χ3n) is 11.5. The van der Waals surface area contributed by atoms with Gasteiger partial charge in [-0.15, -0.1) is 4.98 Å². The Balaban J connectivity index is 0.000000183. The maximum absolute atomic E-state index is 11.8. The molecule has 0 fully saturated rings. The quantitative estimate of drug-likeness (QED) is 0.0225. The lowest BCUT2D eigenvalue weighted by Gasteiger charge is -2.17. The van der Waals surface area contributed by atoms with Gasteiger partial charge in [0, 0.05) is 38.0 Å². The summed E-state index contributed by atoms with van der Waals surface area (Å²) in [6.07, 6.45) is 0. The molecule has 490 valence electrons. The van der Waals surface area contributed by atoms with Crippen molar-refractivity contribution in [2.24, 2.45) is 13.1 Å². The third-order valence-corrected chi connectivity index (χ3v) is 15.6. The molecule has 0 amide bonds. The van der Waals surface area contributed by atoms with E-state index in [-0.39, 0.29) is 23.7 Å². The van der Waals surface area contributed by atoms with Gasteiger partial charge in [-0.2, -0.15) is 53.0 Å². The van der Waals surface area contributed by atoms with Crippen LogP contribution in [0, 0.1) is 20.8 Å². The van der Waals surface area contributed by atoms with Crippen molar-refractivity contribution in [3.05, 3.63) is 193 Å². The number of aromatic nitrogens is 9. The third kappa shape index (κ3) is 24.3. The molecular weight excluding hydrogens is 1360 g/mol. The van der Waals surface area contributed by atoms with E-state index in [1.54, 1.807) is 70.5 Å². The van der Waals surface area contributed by atoms with Crippen molar-refractivity contribution in [2.75, 3.05) is 70.5 Å². The van der Waals surface area contributed by atoms with E-state index in [1.807, 2.05) is 190 Å². The van der Waals surface area contributed by atoms with Gasteiger partial charge in [-0.25, -0.2) is 12.6 Å². The normalized spacial score (nSPS) is 12.6. The maximum Gasteiger partial charge on any atom is 0.330 e. The van der Waals surface area contributed by atoms with E-state index >= 15 is 0 Å². The first-order valence-electron chi connectivity index (χ1n) is 27.5. The molecule has 9 N–H and O–H groups in total. The molecule has 6 unspecified atom stereocenters. The van der Waals surface area contributed by atoms with Crippen molar-refractivity contribution in [1.29, 1.82) is 0 Å². The van der Waals surface area contributed by atoms with Gasteiger partial charge in [0.2, 0.25) is 23.8 Å². The lowest BCUT2D eigenvalue weighted by molar-refractivity contribution is 0.399. The Labute approximate surface area is 559 Å².